The summed E-state index contributed by atoms with van der Waals surface area (Å²) >= 11 is 9.15. The molecule has 1 aromatic rings. The summed E-state index contributed by atoms with van der Waals surface area (Å²) < 4.78 is 0.700. The van der Waals surface area contributed by atoms with Crippen molar-refractivity contribution in [2.24, 2.45) is 5.41 Å². The topological polar surface area (TPSA) is 49.3 Å². The molecule has 0 bridgehead atoms. The molecule has 2 N–H and O–H groups in total. The lowest BCUT2D eigenvalue weighted by Gasteiger charge is -2.23. The van der Waals surface area contributed by atoms with Gasteiger partial charge in [-0.2, -0.15) is 0 Å². The third-order valence-electron chi connectivity index (χ3n) is 2.70. The minimum atomic E-state index is -0.140. The lowest BCUT2D eigenvalue weighted by molar-refractivity contribution is 0.0928. The van der Waals surface area contributed by atoms with Crippen molar-refractivity contribution in [3.05, 3.63) is 33.3 Å². The Kier molecular flexibility index (Phi) is 5.63. The van der Waals surface area contributed by atoms with Gasteiger partial charge in [0.05, 0.1) is 5.02 Å². The molecule has 3 nitrogen and oxygen atoms in total. The van der Waals surface area contributed by atoms with Crippen LogP contribution in [0, 0.1) is 5.41 Å². The van der Waals surface area contributed by atoms with E-state index in [9.17, 15) is 4.79 Å². The lowest BCUT2D eigenvalue weighted by atomic mass is 9.89. The zero-order chi connectivity index (χ0) is 13.8. The van der Waals surface area contributed by atoms with Crippen molar-refractivity contribution in [1.29, 1.82) is 0 Å². The summed E-state index contributed by atoms with van der Waals surface area (Å²) in [5, 5.41) is 12.4. The maximum Gasteiger partial charge on any atom is 0.251 e. The largest absolute Gasteiger partial charge is 0.396 e. The summed E-state index contributed by atoms with van der Waals surface area (Å²) in [7, 11) is 0. The summed E-state index contributed by atoms with van der Waals surface area (Å²) in [6.45, 7) is 4.64. The number of halogens is 2. The summed E-state index contributed by atoms with van der Waals surface area (Å²) in [4.78, 5) is 11.9. The van der Waals surface area contributed by atoms with Crippen LogP contribution in [0.2, 0.25) is 5.02 Å². The Balaban J connectivity index is 2.63. The van der Waals surface area contributed by atoms with Crippen LogP contribution in [0.1, 0.15) is 30.6 Å². The number of amides is 1. The second kappa shape index (κ2) is 6.55. The van der Waals surface area contributed by atoms with Gasteiger partial charge >= 0.3 is 0 Å². The third-order valence-corrected chi connectivity index (χ3v) is 3.91. The first-order valence-corrected chi connectivity index (χ1v) is 6.87. The molecule has 0 unspecified atom stereocenters. The summed E-state index contributed by atoms with van der Waals surface area (Å²) in [6.07, 6.45) is 0.650. The molecule has 0 aliphatic rings. The van der Waals surface area contributed by atoms with Crippen LogP contribution in [-0.4, -0.2) is 24.2 Å². The number of hydrogen-bond acceptors (Lipinski definition) is 2. The van der Waals surface area contributed by atoms with Crippen LogP contribution in [0.15, 0.2) is 22.7 Å². The first-order chi connectivity index (χ1) is 8.35. The van der Waals surface area contributed by atoms with Gasteiger partial charge < -0.3 is 10.4 Å². The van der Waals surface area contributed by atoms with Gasteiger partial charge in [-0.25, -0.2) is 0 Å². The van der Waals surface area contributed by atoms with Crippen LogP contribution >= 0.6 is 27.5 Å². The van der Waals surface area contributed by atoms with Crippen molar-refractivity contribution in [2.45, 2.75) is 20.3 Å². The Morgan fingerprint density at radius 2 is 2.17 bits per heavy atom. The first-order valence-electron chi connectivity index (χ1n) is 5.70. The van der Waals surface area contributed by atoms with Gasteiger partial charge in [-0.15, -0.1) is 0 Å². The zero-order valence-corrected chi connectivity index (χ0v) is 12.8. The highest BCUT2D eigenvalue weighted by molar-refractivity contribution is 9.10. The Morgan fingerprint density at radius 1 is 1.50 bits per heavy atom. The standard InChI is InChI=1S/C13H17BrClNO2/c1-13(2,5-6-17)8-16-12(18)9-3-4-11(15)10(14)7-9/h3-4,7,17H,5-6,8H2,1-2H3,(H,16,18). The van der Waals surface area contributed by atoms with Crippen molar-refractivity contribution in [2.75, 3.05) is 13.2 Å². The number of aliphatic hydroxyl groups is 1. The first kappa shape index (κ1) is 15.5. The van der Waals surface area contributed by atoms with Gasteiger partial charge in [-0.05, 0) is 46.0 Å². The van der Waals surface area contributed by atoms with Crippen molar-refractivity contribution in [3.63, 3.8) is 0 Å². The molecule has 5 heteroatoms. The van der Waals surface area contributed by atoms with E-state index in [1.54, 1.807) is 18.2 Å². The molecule has 0 atom stereocenters. The molecule has 0 aromatic heterocycles. The Hall–Kier alpha value is -0.580. The molecule has 0 heterocycles. The van der Waals surface area contributed by atoms with Gasteiger partial charge in [0.25, 0.3) is 5.91 Å². The van der Waals surface area contributed by atoms with Crippen LogP contribution in [-0.2, 0) is 0 Å². The molecule has 100 valence electrons. The summed E-state index contributed by atoms with van der Waals surface area (Å²) in [5.74, 6) is -0.140. The second-order valence-electron chi connectivity index (χ2n) is 4.95. The average Bonchev–Trinajstić information content (AvgIpc) is 2.30. The molecule has 1 aromatic carbocycles. The number of benzene rings is 1. The lowest BCUT2D eigenvalue weighted by Crippen LogP contribution is -2.34. The smallest absolute Gasteiger partial charge is 0.251 e. The number of aliphatic hydroxyl groups excluding tert-OH is 1. The number of carbonyl (C=O) groups is 1. The number of nitrogens with one attached hydrogen (secondary N) is 1. The number of rotatable bonds is 5. The van der Waals surface area contributed by atoms with E-state index in [1.165, 1.54) is 0 Å². The molecular formula is C13H17BrClNO2. The van der Waals surface area contributed by atoms with Gasteiger partial charge in [-0.1, -0.05) is 25.4 Å². The highest BCUT2D eigenvalue weighted by atomic mass is 79.9. The fourth-order valence-corrected chi connectivity index (χ4v) is 1.95. The highest BCUT2D eigenvalue weighted by Gasteiger charge is 2.18. The maximum absolute atomic E-state index is 11.9. The third kappa shape index (κ3) is 4.59. The van der Waals surface area contributed by atoms with E-state index in [4.69, 9.17) is 16.7 Å². The van der Waals surface area contributed by atoms with Crippen LogP contribution < -0.4 is 5.32 Å². The molecule has 0 saturated carbocycles. The van der Waals surface area contributed by atoms with Gasteiger partial charge in [0, 0.05) is 23.2 Å². The van der Waals surface area contributed by atoms with Crippen LogP contribution in [0.3, 0.4) is 0 Å². The normalized spacial score (nSPS) is 11.4. The van der Waals surface area contributed by atoms with Crippen molar-refractivity contribution < 1.29 is 9.90 Å². The predicted octanol–water partition coefficient (Wildman–Crippen LogP) is 3.24. The fraction of sp³-hybridized carbons (Fsp3) is 0.462. The van der Waals surface area contributed by atoms with Crippen molar-refractivity contribution in [3.8, 4) is 0 Å². The molecule has 0 aliphatic heterocycles. The van der Waals surface area contributed by atoms with E-state index in [1.807, 2.05) is 13.8 Å². The van der Waals surface area contributed by atoms with Crippen LogP contribution in [0.5, 0.6) is 0 Å². The van der Waals surface area contributed by atoms with Gasteiger partial charge in [0.2, 0.25) is 0 Å². The molecule has 0 fully saturated rings. The predicted molar refractivity (Wildman–Crippen MR) is 77.0 cm³/mol. The van der Waals surface area contributed by atoms with Crippen molar-refractivity contribution >= 4 is 33.4 Å². The Morgan fingerprint density at radius 3 is 2.72 bits per heavy atom. The van der Waals surface area contributed by atoms with E-state index in [2.05, 4.69) is 21.2 Å². The van der Waals surface area contributed by atoms with Gasteiger partial charge in [-0.3, -0.25) is 4.79 Å². The monoisotopic (exact) mass is 333 g/mol. The quantitative estimate of drug-likeness (QED) is 0.868. The SMILES string of the molecule is CC(C)(CCO)CNC(=O)c1ccc(Cl)c(Br)c1. The van der Waals surface area contributed by atoms with Crippen LogP contribution in [0.25, 0.3) is 0 Å². The summed E-state index contributed by atoms with van der Waals surface area (Å²) in [5.41, 5.74) is 0.444. The van der Waals surface area contributed by atoms with E-state index in [-0.39, 0.29) is 17.9 Å². The minimum absolute atomic E-state index is 0.117. The average molecular weight is 335 g/mol. The number of hydrogen-bond donors (Lipinski definition) is 2. The molecule has 0 radical (unpaired) electrons. The van der Waals surface area contributed by atoms with Crippen molar-refractivity contribution in [1.82, 2.24) is 5.32 Å². The highest BCUT2D eigenvalue weighted by Crippen LogP contribution is 2.23. The zero-order valence-electron chi connectivity index (χ0n) is 10.5. The molecule has 18 heavy (non-hydrogen) atoms. The number of carbonyl (C=O) groups excluding carboxylic acids is 1. The minimum Gasteiger partial charge on any atom is -0.396 e. The molecule has 0 aliphatic carbocycles. The van der Waals surface area contributed by atoms with Crippen LogP contribution in [0.4, 0.5) is 0 Å². The fourth-order valence-electron chi connectivity index (χ4n) is 1.45. The maximum atomic E-state index is 11.9. The van der Waals surface area contributed by atoms with Gasteiger partial charge in [0.15, 0.2) is 0 Å². The van der Waals surface area contributed by atoms with E-state index >= 15 is 0 Å². The molecule has 0 saturated heterocycles. The molecule has 1 rings (SSSR count). The van der Waals surface area contributed by atoms with E-state index in [0.29, 0.717) is 28.0 Å². The van der Waals surface area contributed by atoms with E-state index in [0.717, 1.165) is 0 Å². The molecule has 0 spiro atoms. The molecular weight excluding hydrogens is 318 g/mol. The Bertz CT molecular complexity index is 435. The van der Waals surface area contributed by atoms with Gasteiger partial charge in [0.1, 0.15) is 0 Å². The second-order valence-corrected chi connectivity index (χ2v) is 6.21. The van der Waals surface area contributed by atoms with E-state index < -0.39 is 0 Å². The molecule has 1 amide bonds. The Labute approximate surface area is 121 Å². The summed E-state index contributed by atoms with van der Waals surface area (Å²) in [6, 6.07) is 5.05.